The Morgan fingerprint density at radius 1 is 0.857 bits per heavy atom. The van der Waals surface area contributed by atoms with Crippen molar-refractivity contribution in [2.45, 2.75) is 56.4 Å². The molecule has 5 unspecified atom stereocenters. The first-order chi connectivity index (χ1) is 13.2. The maximum Gasteiger partial charge on any atom is 0.119 e. The monoisotopic (exact) mass is 390 g/mol. The van der Waals surface area contributed by atoms with Crippen molar-refractivity contribution in [1.29, 1.82) is 0 Å². The molecule has 6 nitrogen and oxygen atoms in total. The quantitative estimate of drug-likeness (QED) is 0.415. The summed E-state index contributed by atoms with van der Waals surface area (Å²) < 4.78 is 6.10. The van der Waals surface area contributed by atoms with Gasteiger partial charge in [0, 0.05) is 6.42 Å². The van der Waals surface area contributed by atoms with Crippen LogP contribution in [0.4, 0.5) is 0 Å². The van der Waals surface area contributed by atoms with Crippen molar-refractivity contribution in [1.82, 2.24) is 0 Å². The van der Waals surface area contributed by atoms with Crippen LogP contribution in [0.3, 0.4) is 0 Å². The van der Waals surface area contributed by atoms with Gasteiger partial charge in [-0.15, -0.1) is 0 Å². The molecule has 6 heteroatoms. The van der Waals surface area contributed by atoms with Crippen LogP contribution in [0.15, 0.2) is 60.7 Å². The Morgan fingerprint density at radius 2 is 1.36 bits per heavy atom. The topological polar surface area (TPSA) is 110 Å². The third-order valence-electron chi connectivity index (χ3n) is 5.34. The van der Waals surface area contributed by atoms with Crippen LogP contribution >= 0.6 is 0 Å². The lowest BCUT2D eigenvalue weighted by Crippen LogP contribution is -2.64. The summed E-state index contributed by atoms with van der Waals surface area (Å²) in [5.74, 6) is 0. The highest BCUT2D eigenvalue weighted by molar-refractivity contribution is 5.20. The van der Waals surface area contributed by atoms with E-state index >= 15 is 0 Å². The fourth-order valence-corrected chi connectivity index (χ4v) is 3.14. The van der Waals surface area contributed by atoms with E-state index in [1.807, 2.05) is 60.7 Å². The van der Waals surface area contributed by atoms with Crippen LogP contribution < -0.4 is 0 Å². The van der Waals surface area contributed by atoms with Gasteiger partial charge in [-0.25, -0.2) is 0 Å². The van der Waals surface area contributed by atoms with Crippen molar-refractivity contribution in [3.63, 3.8) is 0 Å². The fraction of sp³-hybridized carbons (Fsp3) is 0.455. The molecule has 0 aromatic heterocycles. The van der Waals surface area contributed by atoms with E-state index in [1.54, 1.807) is 6.92 Å². The van der Waals surface area contributed by atoms with Crippen LogP contribution in [0, 0.1) is 0 Å². The van der Waals surface area contributed by atoms with Gasteiger partial charge in [0.2, 0.25) is 0 Å². The zero-order valence-electron chi connectivity index (χ0n) is 16.3. The lowest BCUT2D eigenvalue weighted by Gasteiger charge is -2.47. The minimum atomic E-state index is -1.94. The summed E-state index contributed by atoms with van der Waals surface area (Å²) in [7, 11) is 0. The molecule has 0 saturated heterocycles. The first-order valence-corrected chi connectivity index (χ1v) is 9.30. The summed E-state index contributed by atoms with van der Waals surface area (Å²) in [5.41, 5.74) is -1.47. The highest BCUT2D eigenvalue weighted by Crippen LogP contribution is 2.35. The maximum atomic E-state index is 11.2. The molecule has 154 valence electrons. The van der Waals surface area contributed by atoms with E-state index in [0.717, 1.165) is 11.1 Å². The van der Waals surface area contributed by atoms with E-state index in [9.17, 15) is 20.4 Å². The predicted octanol–water partition coefficient (Wildman–Crippen LogP) is 1.03. The molecular weight excluding hydrogens is 360 g/mol. The summed E-state index contributed by atoms with van der Waals surface area (Å²) in [6.45, 7) is 2.46. The second-order valence-electron chi connectivity index (χ2n) is 7.50. The molecule has 5 N–H and O–H groups in total. The van der Waals surface area contributed by atoms with Crippen LogP contribution in [-0.4, -0.2) is 61.7 Å². The van der Waals surface area contributed by atoms with Crippen molar-refractivity contribution in [3.8, 4) is 0 Å². The molecule has 0 spiro atoms. The van der Waals surface area contributed by atoms with Crippen molar-refractivity contribution >= 4 is 0 Å². The molecule has 2 rings (SSSR count). The van der Waals surface area contributed by atoms with Crippen molar-refractivity contribution < 1.29 is 30.3 Å². The van der Waals surface area contributed by atoms with Gasteiger partial charge < -0.3 is 30.3 Å². The molecule has 0 heterocycles. The van der Waals surface area contributed by atoms with Gasteiger partial charge in [-0.05, 0) is 25.0 Å². The van der Waals surface area contributed by atoms with Gasteiger partial charge in [0.1, 0.15) is 29.5 Å². The number of benzene rings is 2. The maximum absolute atomic E-state index is 11.2. The molecule has 0 aliphatic heterocycles. The van der Waals surface area contributed by atoms with Crippen molar-refractivity contribution in [2.75, 3.05) is 6.61 Å². The Kier molecular flexibility index (Phi) is 7.71. The Bertz CT molecular complexity index is 705. The predicted molar refractivity (Wildman–Crippen MR) is 106 cm³/mol. The van der Waals surface area contributed by atoms with Gasteiger partial charge in [-0.2, -0.15) is 0 Å². The number of ether oxygens (including phenoxy) is 1. The lowest BCUT2D eigenvalue weighted by molar-refractivity contribution is -0.240. The Hall–Kier alpha value is -1.80. The van der Waals surface area contributed by atoms with Gasteiger partial charge >= 0.3 is 0 Å². The summed E-state index contributed by atoms with van der Waals surface area (Å²) in [6.07, 6.45) is -4.82. The zero-order chi connectivity index (χ0) is 20.8. The first kappa shape index (κ1) is 22.5. The number of hydrogen-bond acceptors (Lipinski definition) is 6. The molecule has 0 amide bonds. The second kappa shape index (κ2) is 9.60. The van der Waals surface area contributed by atoms with E-state index < -0.39 is 36.1 Å². The Labute approximate surface area is 165 Å². The molecule has 2 aromatic carbocycles. The van der Waals surface area contributed by atoms with Crippen molar-refractivity contribution in [3.05, 3.63) is 71.8 Å². The second-order valence-corrected chi connectivity index (χ2v) is 7.50. The molecule has 28 heavy (non-hydrogen) atoms. The Balaban J connectivity index is 2.32. The van der Waals surface area contributed by atoms with E-state index in [-0.39, 0.29) is 13.0 Å². The van der Waals surface area contributed by atoms with E-state index in [2.05, 4.69) is 0 Å². The molecule has 5 atom stereocenters. The van der Waals surface area contributed by atoms with E-state index in [4.69, 9.17) is 9.84 Å². The van der Waals surface area contributed by atoms with Gasteiger partial charge in [-0.1, -0.05) is 60.7 Å². The average Bonchev–Trinajstić information content (AvgIpc) is 2.71. The van der Waals surface area contributed by atoms with Gasteiger partial charge in [0.15, 0.2) is 0 Å². The minimum Gasteiger partial charge on any atom is -0.394 e. The number of aliphatic hydroxyl groups is 5. The molecule has 0 aliphatic carbocycles. The molecule has 0 aliphatic rings. The normalized spacial score (nSPS) is 19.2. The average molecular weight is 390 g/mol. The Morgan fingerprint density at radius 3 is 1.86 bits per heavy atom. The largest absolute Gasteiger partial charge is 0.394 e. The standard InChI is InChI=1S/C22H30O6/c1-21(13-16-9-5-3-6-10-16,28-15-17-11-7-4-8-12-17)22(2,27)20(26)19(25)18(24)14-23/h3-12,18-20,23-27H,13-15H2,1-2H3. The summed E-state index contributed by atoms with van der Waals surface area (Å²) in [5, 5.41) is 50.8. The highest BCUT2D eigenvalue weighted by Gasteiger charge is 2.52. The van der Waals surface area contributed by atoms with Crippen LogP contribution in [0.1, 0.15) is 25.0 Å². The molecule has 0 saturated carbocycles. The van der Waals surface area contributed by atoms with Gasteiger partial charge in [0.25, 0.3) is 0 Å². The van der Waals surface area contributed by atoms with Crippen LogP contribution in [0.25, 0.3) is 0 Å². The van der Waals surface area contributed by atoms with Gasteiger partial charge in [-0.3, -0.25) is 0 Å². The summed E-state index contributed by atoms with van der Waals surface area (Å²) in [6, 6.07) is 18.8. The molecule has 0 bridgehead atoms. The number of hydrogen-bond donors (Lipinski definition) is 5. The SMILES string of the molecule is CC(Cc1ccccc1)(OCc1ccccc1)C(C)(O)C(O)C(O)C(O)CO. The summed E-state index contributed by atoms with van der Waals surface area (Å²) in [4.78, 5) is 0. The van der Waals surface area contributed by atoms with E-state index in [1.165, 1.54) is 6.92 Å². The highest BCUT2D eigenvalue weighted by atomic mass is 16.5. The number of rotatable bonds is 10. The molecule has 0 radical (unpaired) electrons. The van der Waals surface area contributed by atoms with Crippen LogP contribution in [0.2, 0.25) is 0 Å². The lowest BCUT2D eigenvalue weighted by atomic mass is 9.75. The smallest absolute Gasteiger partial charge is 0.119 e. The number of aliphatic hydroxyl groups excluding tert-OH is 4. The van der Waals surface area contributed by atoms with Gasteiger partial charge in [0.05, 0.1) is 13.2 Å². The molecule has 0 fully saturated rings. The summed E-state index contributed by atoms with van der Waals surface area (Å²) >= 11 is 0. The zero-order valence-corrected chi connectivity index (χ0v) is 16.3. The molecule has 2 aromatic rings. The van der Waals surface area contributed by atoms with Crippen LogP contribution in [-0.2, 0) is 17.8 Å². The fourth-order valence-electron chi connectivity index (χ4n) is 3.14. The third-order valence-corrected chi connectivity index (χ3v) is 5.34. The van der Waals surface area contributed by atoms with Crippen LogP contribution in [0.5, 0.6) is 0 Å². The van der Waals surface area contributed by atoms with Crippen molar-refractivity contribution in [2.24, 2.45) is 0 Å². The molecular formula is C22H30O6. The third kappa shape index (κ3) is 5.17. The minimum absolute atomic E-state index is 0.186. The first-order valence-electron chi connectivity index (χ1n) is 9.30. The van der Waals surface area contributed by atoms with E-state index in [0.29, 0.717) is 0 Å².